The van der Waals surface area contributed by atoms with E-state index in [9.17, 15) is 4.79 Å². The van der Waals surface area contributed by atoms with Crippen molar-refractivity contribution in [3.8, 4) is 5.19 Å². The third-order valence-electron chi connectivity index (χ3n) is 4.25. The standard InChI is InChI=1S/C16H15ClN4O2S/c1-8-13-11(19-16(23-2)24-13)6-7-21(8)15(22)14-18-10-5-3-4-9(17)12(10)20-14/h3-5,8H,6-7H2,1-2H3,(H,18,20)/t8-/m1/s1. The number of fused-ring (bicyclic) bond motifs is 2. The summed E-state index contributed by atoms with van der Waals surface area (Å²) >= 11 is 7.64. The van der Waals surface area contributed by atoms with Crippen molar-refractivity contribution in [3.63, 3.8) is 0 Å². The van der Waals surface area contributed by atoms with Crippen LogP contribution in [0, 0.1) is 0 Å². The zero-order chi connectivity index (χ0) is 16.8. The van der Waals surface area contributed by atoms with Crippen LogP contribution < -0.4 is 4.74 Å². The van der Waals surface area contributed by atoms with Gasteiger partial charge in [0.05, 0.1) is 34.3 Å². The zero-order valence-corrected chi connectivity index (χ0v) is 14.7. The monoisotopic (exact) mass is 362 g/mol. The van der Waals surface area contributed by atoms with E-state index in [0.717, 1.165) is 16.1 Å². The predicted octanol–water partition coefficient (Wildman–Crippen LogP) is 3.44. The Morgan fingerprint density at radius 3 is 3.04 bits per heavy atom. The van der Waals surface area contributed by atoms with Crippen molar-refractivity contribution in [1.82, 2.24) is 19.9 Å². The molecule has 24 heavy (non-hydrogen) atoms. The predicted molar refractivity (Wildman–Crippen MR) is 92.9 cm³/mol. The van der Waals surface area contributed by atoms with Gasteiger partial charge in [-0.1, -0.05) is 29.0 Å². The number of methoxy groups -OCH3 is 1. The van der Waals surface area contributed by atoms with Gasteiger partial charge in [0.2, 0.25) is 0 Å². The molecule has 1 aliphatic rings. The summed E-state index contributed by atoms with van der Waals surface area (Å²) in [7, 11) is 1.61. The van der Waals surface area contributed by atoms with Crippen molar-refractivity contribution in [2.24, 2.45) is 0 Å². The van der Waals surface area contributed by atoms with E-state index in [1.165, 1.54) is 11.3 Å². The lowest BCUT2D eigenvalue weighted by molar-refractivity contribution is 0.0669. The van der Waals surface area contributed by atoms with Gasteiger partial charge in [0.15, 0.2) is 5.82 Å². The number of aromatic nitrogens is 3. The van der Waals surface area contributed by atoms with Crippen molar-refractivity contribution >= 4 is 39.9 Å². The smallest absolute Gasteiger partial charge is 0.290 e. The number of carbonyl (C=O) groups is 1. The molecule has 0 radical (unpaired) electrons. The highest BCUT2D eigenvalue weighted by Crippen LogP contribution is 2.37. The number of H-pyrrole nitrogens is 1. The molecule has 0 bridgehead atoms. The van der Waals surface area contributed by atoms with Crippen LogP contribution in [0.25, 0.3) is 11.0 Å². The summed E-state index contributed by atoms with van der Waals surface area (Å²) in [6.07, 6.45) is 0.715. The third-order valence-corrected chi connectivity index (χ3v) is 5.78. The highest BCUT2D eigenvalue weighted by atomic mass is 35.5. The summed E-state index contributed by atoms with van der Waals surface area (Å²) in [5.74, 6) is 0.178. The third kappa shape index (κ3) is 2.35. The fourth-order valence-corrected chi connectivity index (χ4v) is 4.21. The molecule has 0 saturated carbocycles. The molecule has 3 aromatic rings. The van der Waals surface area contributed by atoms with Crippen molar-refractivity contribution in [1.29, 1.82) is 0 Å². The lowest BCUT2D eigenvalue weighted by Crippen LogP contribution is -2.38. The van der Waals surface area contributed by atoms with Gasteiger partial charge in [-0.25, -0.2) is 9.97 Å². The van der Waals surface area contributed by atoms with Crippen LogP contribution in [-0.2, 0) is 6.42 Å². The Kier molecular flexibility index (Phi) is 3.69. The van der Waals surface area contributed by atoms with E-state index >= 15 is 0 Å². The minimum atomic E-state index is -0.132. The first kappa shape index (κ1) is 15.4. The Morgan fingerprint density at radius 1 is 1.46 bits per heavy atom. The summed E-state index contributed by atoms with van der Waals surface area (Å²) < 4.78 is 5.22. The van der Waals surface area contributed by atoms with Crippen LogP contribution in [0.5, 0.6) is 5.19 Å². The molecule has 1 aromatic carbocycles. The summed E-state index contributed by atoms with van der Waals surface area (Å²) in [5.41, 5.74) is 2.39. The molecule has 1 amide bonds. The number of aromatic amines is 1. The molecule has 124 valence electrons. The number of para-hydroxylation sites is 1. The minimum Gasteiger partial charge on any atom is -0.473 e. The number of hydrogen-bond acceptors (Lipinski definition) is 5. The second-order valence-corrected chi connectivity index (χ2v) is 7.04. The Labute approximate surface area is 147 Å². The number of thiazole rings is 1. The Balaban J connectivity index is 1.67. The summed E-state index contributed by atoms with van der Waals surface area (Å²) in [5, 5.41) is 1.17. The SMILES string of the molecule is COc1nc2c(s1)[C@@H](C)N(C(=O)c1nc3c(Cl)cccc3[nH]1)CC2. The van der Waals surface area contributed by atoms with E-state index in [2.05, 4.69) is 15.0 Å². The van der Waals surface area contributed by atoms with Gasteiger partial charge in [-0.15, -0.1) is 0 Å². The lowest BCUT2D eigenvalue weighted by atomic mass is 10.1. The number of carbonyl (C=O) groups excluding carboxylic acids is 1. The van der Waals surface area contributed by atoms with Gasteiger partial charge < -0.3 is 14.6 Å². The van der Waals surface area contributed by atoms with Crippen LogP contribution in [0.2, 0.25) is 5.02 Å². The van der Waals surface area contributed by atoms with E-state index in [1.54, 1.807) is 13.2 Å². The first-order chi connectivity index (χ1) is 11.6. The summed E-state index contributed by atoms with van der Waals surface area (Å²) in [6.45, 7) is 2.60. The number of rotatable bonds is 2. The van der Waals surface area contributed by atoms with Crippen molar-refractivity contribution < 1.29 is 9.53 Å². The fraction of sp³-hybridized carbons (Fsp3) is 0.312. The van der Waals surface area contributed by atoms with Gasteiger partial charge >= 0.3 is 0 Å². The lowest BCUT2D eigenvalue weighted by Gasteiger charge is -2.31. The first-order valence-electron chi connectivity index (χ1n) is 7.57. The quantitative estimate of drug-likeness (QED) is 0.758. The molecule has 1 atom stereocenters. The molecule has 0 saturated heterocycles. The number of imidazole rings is 1. The second-order valence-electron chi connectivity index (χ2n) is 5.64. The Morgan fingerprint density at radius 2 is 2.29 bits per heavy atom. The van der Waals surface area contributed by atoms with Crippen LogP contribution in [0.1, 0.15) is 34.2 Å². The normalized spacial score (nSPS) is 17.1. The highest BCUT2D eigenvalue weighted by molar-refractivity contribution is 7.13. The molecular formula is C16H15ClN4O2S. The Bertz CT molecular complexity index is 935. The number of ether oxygens (including phenoxy) is 1. The molecule has 1 aliphatic heterocycles. The van der Waals surface area contributed by atoms with E-state index in [4.69, 9.17) is 16.3 Å². The number of hydrogen-bond donors (Lipinski definition) is 1. The molecule has 2 aromatic heterocycles. The van der Waals surface area contributed by atoms with E-state index in [-0.39, 0.29) is 11.9 Å². The number of nitrogens with zero attached hydrogens (tertiary/aromatic N) is 3. The van der Waals surface area contributed by atoms with Crippen LogP contribution in [0.3, 0.4) is 0 Å². The van der Waals surface area contributed by atoms with Gasteiger partial charge in [-0.2, -0.15) is 0 Å². The largest absolute Gasteiger partial charge is 0.473 e. The molecule has 8 heteroatoms. The van der Waals surface area contributed by atoms with E-state index in [0.29, 0.717) is 34.5 Å². The maximum absolute atomic E-state index is 12.9. The molecule has 6 nitrogen and oxygen atoms in total. The van der Waals surface area contributed by atoms with Gasteiger partial charge in [0.1, 0.15) is 5.52 Å². The number of nitrogens with one attached hydrogen (secondary N) is 1. The maximum Gasteiger partial charge on any atom is 0.290 e. The van der Waals surface area contributed by atoms with Crippen LogP contribution in [0.4, 0.5) is 0 Å². The fourth-order valence-electron chi connectivity index (χ4n) is 3.01. The van der Waals surface area contributed by atoms with E-state index < -0.39 is 0 Å². The second kappa shape index (κ2) is 5.75. The molecule has 4 rings (SSSR count). The average molecular weight is 363 g/mol. The first-order valence-corrected chi connectivity index (χ1v) is 8.76. The number of amides is 1. The molecular weight excluding hydrogens is 348 g/mol. The van der Waals surface area contributed by atoms with E-state index in [1.807, 2.05) is 24.0 Å². The van der Waals surface area contributed by atoms with Gasteiger partial charge in [-0.05, 0) is 19.1 Å². The molecule has 0 aliphatic carbocycles. The van der Waals surface area contributed by atoms with Gasteiger partial charge in [0.25, 0.3) is 11.1 Å². The molecule has 0 unspecified atom stereocenters. The molecule has 1 N–H and O–H groups in total. The average Bonchev–Trinajstić information content (AvgIpc) is 3.19. The van der Waals surface area contributed by atoms with Crippen molar-refractivity contribution in [3.05, 3.63) is 39.6 Å². The van der Waals surface area contributed by atoms with Crippen LogP contribution in [-0.4, -0.2) is 39.4 Å². The topological polar surface area (TPSA) is 71.1 Å². The zero-order valence-electron chi connectivity index (χ0n) is 13.2. The van der Waals surface area contributed by atoms with Crippen molar-refractivity contribution in [2.45, 2.75) is 19.4 Å². The number of halogens is 1. The minimum absolute atomic E-state index is 0.0636. The molecule has 3 heterocycles. The number of benzene rings is 1. The summed E-state index contributed by atoms with van der Waals surface area (Å²) in [4.78, 5) is 27.7. The summed E-state index contributed by atoms with van der Waals surface area (Å²) in [6, 6.07) is 5.39. The van der Waals surface area contributed by atoms with Crippen LogP contribution >= 0.6 is 22.9 Å². The molecule has 0 fully saturated rings. The highest BCUT2D eigenvalue weighted by Gasteiger charge is 2.32. The maximum atomic E-state index is 12.9. The van der Waals surface area contributed by atoms with Crippen LogP contribution in [0.15, 0.2) is 18.2 Å². The molecule has 0 spiro atoms. The Hall–Kier alpha value is -2.12. The van der Waals surface area contributed by atoms with Gasteiger partial charge in [0, 0.05) is 13.0 Å². The van der Waals surface area contributed by atoms with Crippen molar-refractivity contribution in [2.75, 3.05) is 13.7 Å². The van der Waals surface area contributed by atoms with Gasteiger partial charge in [-0.3, -0.25) is 4.79 Å².